The minimum Gasteiger partial charge on any atom is -0.497 e. The number of nitrogens with one attached hydrogen (secondary N) is 1. The van der Waals surface area contributed by atoms with Crippen molar-refractivity contribution in [2.45, 2.75) is 11.8 Å². The molecule has 2 aromatic carbocycles. The van der Waals surface area contributed by atoms with Crippen molar-refractivity contribution in [2.75, 3.05) is 18.9 Å². The third-order valence-electron chi connectivity index (χ3n) is 4.79. The molecule has 0 fully saturated rings. The number of imidazole rings is 1. The van der Waals surface area contributed by atoms with Crippen molar-refractivity contribution in [3.05, 3.63) is 72.6 Å². The number of fused-ring (bicyclic) bond motifs is 1. The predicted molar refractivity (Wildman–Crippen MR) is 116 cm³/mol. The highest BCUT2D eigenvalue weighted by atomic mass is 32.2. The number of aryl methyl sites for hydroxylation is 1. The zero-order chi connectivity index (χ0) is 21.3. The molecule has 0 aliphatic rings. The van der Waals surface area contributed by atoms with Crippen LogP contribution in [0.3, 0.4) is 0 Å². The van der Waals surface area contributed by atoms with E-state index in [1.807, 2.05) is 48.0 Å². The van der Waals surface area contributed by atoms with Crippen LogP contribution in [0, 0.1) is 6.92 Å². The Morgan fingerprint density at radius 2 is 1.80 bits per heavy atom. The van der Waals surface area contributed by atoms with Crippen LogP contribution in [0.15, 0.2) is 71.9 Å². The van der Waals surface area contributed by atoms with Gasteiger partial charge in [-0.05, 0) is 36.8 Å². The van der Waals surface area contributed by atoms with Crippen molar-refractivity contribution in [1.29, 1.82) is 0 Å². The molecule has 0 unspecified atom stereocenters. The van der Waals surface area contributed by atoms with Gasteiger partial charge in [0.05, 0.1) is 25.6 Å². The van der Waals surface area contributed by atoms with E-state index in [9.17, 15) is 8.42 Å². The van der Waals surface area contributed by atoms with Gasteiger partial charge >= 0.3 is 0 Å². The molecular weight excluding hydrogens is 402 g/mol. The first-order valence-corrected chi connectivity index (χ1v) is 10.7. The summed E-state index contributed by atoms with van der Waals surface area (Å²) in [5.74, 6) is 0.643. The van der Waals surface area contributed by atoms with Crippen LogP contribution < -0.4 is 14.2 Å². The van der Waals surface area contributed by atoms with Crippen molar-refractivity contribution < 1.29 is 17.9 Å². The van der Waals surface area contributed by atoms with Gasteiger partial charge in [-0.1, -0.05) is 24.3 Å². The topological polar surface area (TPSA) is 81.9 Å². The fourth-order valence-corrected chi connectivity index (χ4v) is 4.54. The third-order valence-corrected chi connectivity index (χ3v) is 6.17. The van der Waals surface area contributed by atoms with Gasteiger partial charge in [0.15, 0.2) is 0 Å². The lowest BCUT2D eigenvalue weighted by atomic mass is 10.1. The number of nitrogens with zero attached hydrogens (tertiary/aromatic N) is 2. The molecule has 4 aromatic rings. The summed E-state index contributed by atoms with van der Waals surface area (Å²) >= 11 is 0. The standard InChI is InChI=1S/C22H21N3O4S/c1-15-7-6-12-25-14-19(23-22(15)25)17-8-4-5-9-18(17)24-30(26,27)21-13-16(28-2)10-11-20(21)29-3/h4-14,24H,1-3H3. The molecule has 0 atom stereocenters. The van der Waals surface area contributed by atoms with Crippen LogP contribution in [-0.2, 0) is 10.0 Å². The molecule has 0 aliphatic heterocycles. The second-order valence-electron chi connectivity index (χ2n) is 6.72. The molecule has 7 nitrogen and oxygen atoms in total. The van der Waals surface area contributed by atoms with Crippen LogP contribution in [0.5, 0.6) is 11.5 Å². The molecule has 30 heavy (non-hydrogen) atoms. The van der Waals surface area contributed by atoms with E-state index in [2.05, 4.69) is 4.72 Å². The number of anilines is 1. The highest BCUT2D eigenvalue weighted by Gasteiger charge is 2.22. The van der Waals surface area contributed by atoms with Crippen LogP contribution in [-0.4, -0.2) is 32.0 Å². The molecule has 0 saturated carbocycles. The number of para-hydroxylation sites is 1. The van der Waals surface area contributed by atoms with Gasteiger partial charge in [-0.25, -0.2) is 13.4 Å². The Balaban J connectivity index is 1.79. The lowest BCUT2D eigenvalue weighted by Gasteiger charge is -2.14. The van der Waals surface area contributed by atoms with E-state index in [0.717, 1.165) is 11.2 Å². The molecular formula is C22H21N3O4S. The molecule has 2 aromatic heterocycles. The molecule has 2 heterocycles. The molecule has 1 N–H and O–H groups in total. The maximum Gasteiger partial charge on any atom is 0.265 e. The second-order valence-corrected chi connectivity index (χ2v) is 8.37. The summed E-state index contributed by atoms with van der Waals surface area (Å²) in [5, 5.41) is 0. The van der Waals surface area contributed by atoms with Crippen LogP contribution in [0.25, 0.3) is 16.9 Å². The van der Waals surface area contributed by atoms with E-state index < -0.39 is 10.0 Å². The van der Waals surface area contributed by atoms with Crippen LogP contribution in [0.4, 0.5) is 5.69 Å². The Hall–Kier alpha value is -3.52. The van der Waals surface area contributed by atoms with Gasteiger partial charge in [0.2, 0.25) is 0 Å². The molecule has 0 aliphatic carbocycles. The summed E-state index contributed by atoms with van der Waals surface area (Å²) in [6.45, 7) is 1.98. The van der Waals surface area contributed by atoms with Gasteiger partial charge in [0.25, 0.3) is 10.0 Å². The summed E-state index contributed by atoms with van der Waals surface area (Å²) in [5.41, 5.74) is 3.61. The van der Waals surface area contributed by atoms with Gasteiger partial charge in [-0.15, -0.1) is 0 Å². The van der Waals surface area contributed by atoms with Gasteiger partial charge < -0.3 is 13.9 Å². The van der Waals surface area contributed by atoms with Crippen LogP contribution >= 0.6 is 0 Å². The fraction of sp³-hybridized carbons (Fsp3) is 0.136. The molecule has 8 heteroatoms. The largest absolute Gasteiger partial charge is 0.497 e. The number of hydrogen-bond acceptors (Lipinski definition) is 5. The first-order chi connectivity index (χ1) is 14.4. The number of rotatable bonds is 6. The minimum absolute atomic E-state index is 0.00926. The smallest absolute Gasteiger partial charge is 0.265 e. The molecule has 4 rings (SSSR count). The molecule has 0 amide bonds. The molecule has 0 radical (unpaired) electrons. The Morgan fingerprint density at radius 3 is 2.53 bits per heavy atom. The molecule has 0 saturated heterocycles. The van der Waals surface area contributed by atoms with Gasteiger partial charge in [0.1, 0.15) is 22.0 Å². The monoisotopic (exact) mass is 423 g/mol. The van der Waals surface area contributed by atoms with Crippen molar-refractivity contribution in [2.24, 2.45) is 0 Å². The van der Waals surface area contributed by atoms with Crippen LogP contribution in [0.1, 0.15) is 5.56 Å². The Bertz CT molecular complexity index is 1330. The summed E-state index contributed by atoms with van der Waals surface area (Å²) < 4.78 is 41.4. The zero-order valence-corrected chi connectivity index (χ0v) is 17.6. The van der Waals surface area contributed by atoms with Crippen molar-refractivity contribution in [3.8, 4) is 22.8 Å². The summed E-state index contributed by atoms with van der Waals surface area (Å²) in [4.78, 5) is 4.68. The second kappa shape index (κ2) is 7.72. The maximum absolute atomic E-state index is 13.2. The van der Waals surface area contributed by atoms with Gasteiger partial charge in [-0.3, -0.25) is 4.72 Å². The third kappa shape index (κ3) is 3.57. The highest BCUT2D eigenvalue weighted by molar-refractivity contribution is 7.92. The Morgan fingerprint density at radius 1 is 1.00 bits per heavy atom. The number of aromatic nitrogens is 2. The highest BCUT2D eigenvalue weighted by Crippen LogP contribution is 2.33. The van der Waals surface area contributed by atoms with Gasteiger partial charge in [-0.2, -0.15) is 0 Å². The summed E-state index contributed by atoms with van der Waals surface area (Å²) in [6.07, 6.45) is 3.79. The maximum atomic E-state index is 13.2. The van der Waals surface area contributed by atoms with E-state index in [1.165, 1.54) is 20.3 Å². The lowest BCUT2D eigenvalue weighted by Crippen LogP contribution is -2.15. The minimum atomic E-state index is -3.95. The summed E-state index contributed by atoms with van der Waals surface area (Å²) in [6, 6.07) is 15.7. The number of benzene rings is 2. The van der Waals surface area contributed by atoms with E-state index >= 15 is 0 Å². The normalized spacial score (nSPS) is 11.4. The van der Waals surface area contributed by atoms with E-state index in [1.54, 1.807) is 24.3 Å². The Kier molecular flexibility index (Phi) is 5.09. The SMILES string of the molecule is COc1ccc(OC)c(S(=O)(=O)Nc2ccccc2-c2cn3cccc(C)c3n2)c1. The van der Waals surface area contributed by atoms with Crippen molar-refractivity contribution in [3.63, 3.8) is 0 Å². The number of pyridine rings is 1. The van der Waals surface area contributed by atoms with E-state index in [4.69, 9.17) is 14.5 Å². The van der Waals surface area contributed by atoms with E-state index in [0.29, 0.717) is 22.7 Å². The van der Waals surface area contributed by atoms with E-state index in [-0.39, 0.29) is 10.6 Å². The zero-order valence-electron chi connectivity index (χ0n) is 16.8. The fourth-order valence-electron chi connectivity index (χ4n) is 3.27. The number of methoxy groups -OCH3 is 2. The number of hydrogen-bond donors (Lipinski definition) is 1. The van der Waals surface area contributed by atoms with Crippen molar-refractivity contribution in [1.82, 2.24) is 9.38 Å². The number of sulfonamides is 1. The Labute approximate surface area is 175 Å². The average Bonchev–Trinajstić information content (AvgIpc) is 3.19. The quantitative estimate of drug-likeness (QED) is 0.504. The first-order valence-electron chi connectivity index (χ1n) is 9.21. The lowest BCUT2D eigenvalue weighted by molar-refractivity contribution is 0.392. The molecule has 0 bridgehead atoms. The summed E-state index contributed by atoms with van der Waals surface area (Å²) in [7, 11) is -1.04. The van der Waals surface area contributed by atoms with Crippen LogP contribution in [0.2, 0.25) is 0 Å². The predicted octanol–water partition coefficient (Wildman–Crippen LogP) is 4.13. The average molecular weight is 423 g/mol. The first kappa shape index (κ1) is 19.8. The molecule has 154 valence electrons. The van der Waals surface area contributed by atoms with Crippen molar-refractivity contribution >= 4 is 21.4 Å². The molecule has 0 spiro atoms. The van der Waals surface area contributed by atoms with Gasteiger partial charge in [0, 0.05) is 24.0 Å². The number of ether oxygens (including phenoxy) is 2.